The number of thiophene rings is 1. The average molecular weight is 313 g/mol. The molecule has 0 radical (unpaired) electrons. The number of hydrogen-bond acceptors (Lipinski definition) is 6. The van der Waals surface area contributed by atoms with E-state index in [1.807, 2.05) is 17.5 Å². The molecule has 19 heavy (non-hydrogen) atoms. The van der Waals surface area contributed by atoms with E-state index < -0.39 is 12.0 Å². The summed E-state index contributed by atoms with van der Waals surface area (Å²) >= 11 is 7.90. The van der Waals surface area contributed by atoms with Gasteiger partial charge < -0.3 is 4.74 Å². The third-order valence-corrected chi connectivity index (χ3v) is 4.72. The Bertz CT molecular complexity index is 551. The number of carbonyl (C=O) groups is 2. The summed E-state index contributed by atoms with van der Waals surface area (Å²) in [6.07, 6.45) is 1.79. The zero-order valence-electron chi connectivity index (χ0n) is 10.3. The van der Waals surface area contributed by atoms with Crippen LogP contribution in [-0.2, 0) is 14.3 Å². The first-order chi connectivity index (χ1) is 9.04. The van der Waals surface area contributed by atoms with Gasteiger partial charge in [-0.25, -0.2) is 4.79 Å². The van der Waals surface area contributed by atoms with Gasteiger partial charge in [0.15, 0.2) is 0 Å². The Hall–Kier alpha value is -1.18. The number of thioether (sulfide) groups is 1. The summed E-state index contributed by atoms with van der Waals surface area (Å²) < 4.78 is 5.02. The van der Waals surface area contributed by atoms with Crippen molar-refractivity contribution < 1.29 is 14.3 Å². The van der Waals surface area contributed by atoms with Gasteiger partial charge in [0.2, 0.25) is 0 Å². The van der Waals surface area contributed by atoms with Gasteiger partial charge in [0.05, 0.1) is 12.0 Å². The molecule has 1 aromatic rings. The van der Waals surface area contributed by atoms with Crippen LogP contribution in [0.15, 0.2) is 22.4 Å². The number of rotatable bonds is 3. The third-order valence-electron chi connectivity index (χ3n) is 2.57. The Morgan fingerprint density at radius 1 is 1.58 bits per heavy atom. The first-order valence-electron chi connectivity index (χ1n) is 5.43. The van der Waals surface area contributed by atoms with Gasteiger partial charge in [-0.1, -0.05) is 30.0 Å². The van der Waals surface area contributed by atoms with Crippen molar-refractivity contribution in [3.8, 4) is 0 Å². The van der Waals surface area contributed by atoms with E-state index >= 15 is 0 Å². The quantitative estimate of drug-likeness (QED) is 0.487. The van der Waals surface area contributed by atoms with E-state index in [0.717, 1.165) is 4.88 Å². The van der Waals surface area contributed by atoms with Crippen molar-refractivity contribution in [2.75, 3.05) is 7.11 Å². The van der Waals surface area contributed by atoms with Gasteiger partial charge >= 0.3 is 5.97 Å². The van der Waals surface area contributed by atoms with Crippen molar-refractivity contribution in [3.05, 3.63) is 27.3 Å². The second-order valence-corrected chi connectivity index (χ2v) is 6.42. The van der Waals surface area contributed by atoms with Crippen LogP contribution >= 0.6 is 35.3 Å². The minimum absolute atomic E-state index is 0.249. The number of methoxy groups -OCH3 is 1. The highest BCUT2D eigenvalue weighted by molar-refractivity contribution is 8.26. The Morgan fingerprint density at radius 2 is 2.32 bits per heavy atom. The molecule has 0 unspecified atom stereocenters. The molecule has 1 saturated heterocycles. The standard InChI is InChI=1S/C12H11NO3S3/c1-7(11(15)16-2)13-10(14)9(19-12(13)17)6-8-4-3-5-18-8/h3-7H,1-2H3/b9-6-/t7-/m0/s1. The average Bonchev–Trinajstić information content (AvgIpc) is 2.98. The topological polar surface area (TPSA) is 46.6 Å². The lowest BCUT2D eigenvalue weighted by molar-refractivity contribution is -0.147. The summed E-state index contributed by atoms with van der Waals surface area (Å²) in [5.74, 6) is -0.727. The molecule has 0 spiro atoms. The highest BCUT2D eigenvalue weighted by Crippen LogP contribution is 2.34. The van der Waals surface area contributed by atoms with Crippen LogP contribution in [0.4, 0.5) is 0 Å². The maximum atomic E-state index is 12.3. The highest BCUT2D eigenvalue weighted by atomic mass is 32.2. The van der Waals surface area contributed by atoms with Crippen LogP contribution < -0.4 is 0 Å². The number of thiocarbonyl (C=S) groups is 1. The number of nitrogens with zero attached hydrogens (tertiary/aromatic N) is 1. The van der Waals surface area contributed by atoms with Crippen molar-refractivity contribution in [2.24, 2.45) is 0 Å². The van der Waals surface area contributed by atoms with Gasteiger partial charge in [0.25, 0.3) is 5.91 Å². The summed E-state index contributed by atoms with van der Waals surface area (Å²) in [6.45, 7) is 1.60. The van der Waals surface area contributed by atoms with Crippen LogP contribution in [0.2, 0.25) is 0 Å². The van der Waals surface area contributed by atoms with Crippen molar-refractivity contribution in [3.63, 3.8) is 0 Å². The van der Waals surface area contributed by atoms with Gasteiger partial charge in [-0.15, -0.1) is 11.3 Å². The van der Waals surface area contributed by atoms with Crippen molar-refractivity contribution in [1.29, 1.82) is 0 Å². The summed E-state index contributed by atoms with van der Waals surface area (Å²) in [5, 5.41) is 1.93. The number of hydrogen-bond donors (Lipinski definition) is 0. The van der Waals surface area contributed by atoms with E-state index in [0.29, 0.717) is 9.23 Å². The van der Waals surface area contributed by atoms with E-state index in [-0.39, 0.29) is 5.91 Å². The molecule has 1 amide bonds. The zero-order valence-corrected chi connectivity index (χ0v) is 12.7. The smallest absolute Gasteiger partial charge is 0.328 e. The van der Waals surface area contributed by atoms with Gasteiger partial charge in [-0.05, 0) is 24.4 Å². The summed E-state index contributed by atoms with van der Waals surface area (Å²) in [4.78, 5) is 26.6. The molecular weight excluding hydrogens is 302 g/mol. The van der Waals surface area contributed by atoms with Gasteiger partial charge in [0.1, 0.15) is 10.4 Å². The van der Waals surface area contributed by atoms with Crippen LogP contribution in [0.3, 0.4) is 0 Å². The molecule has 1 atom stereocenters. The second kappa shape index (κ2) is 5.85. The second-order valence-electron chi connectivity index (χ2n) is 3.77. The van der Waals surface area contributed by atoms with Crippen molar-refractivity contribution >= 4 is 57.6 Å². The van der Waals surface area contributed by atoms with Gasteiger partial charge in [-0.3, -0.25) is 9.69 Å². The normalized spacial score (nSPS) is 19.1. The predicted molar refractivity (Wildman–Crippen MR) is 80.8 cm³/mol. The van der Waals surface area contributed by atoms with Crippen LogP contribution in [-0.4, -0.2) is 34.2 Å². The molecular formula is C12H11NO3S3. The zero-order chi connectivity index (χ0) is 14.0. The molecule has 1 aromatic heterocycles. The van der Waals surface area contributed by atoms with Crippen LogP contribution in [0.5, 0.6) is 0 Å². The van der Waals surface area contributed by atoms with E-state index in [4.69, 9.17) is 12.2 Å². The van der Waals surface area contributed by atoms with Gasteiger partial charge in [-0.2, -0.15) is 0 Å². The summed E-state index contributed by atoms with van der Waals surface area (Å²) in [6, 6.07) is 3.13. The molecule has 4 nitrogen and oxygen atoms in total. The minimum atomic E-state index is -0.702. The molecule has 2 rings (SSSR count). The van der Waals surface area contributed by atoms with E-state index in [9.17, 15) is 9.59 Å². The first-order valence-corrected chi connectivity index (χ1v) is 7.53. The summed E-state index contributed by atoms with van der Waals surface area (Å²) in [7, 11) is 1.29. The molecule has 100 valence electrons. The number of ether oxygens (including phenoxy) is 1. The lowest BCUT2D eigenvalue weighted by Crippen LogP contribution is -2.42. The highest BCUT2D eigenvalue weighted by Gasteiger charge is 2.38. The van der Waals surface area contributed by atoms with Crippen molar-refractivity contribution in [1.82, 2.24) is 4.90 Å². The minimum Gasteiger partial charge on any atom is -0.467 e. The molecule has 0 aromatic carbocycles. The number of amides is 1. The fraction of sp³-hybridized carbons (Fsp3) is 0.250. The van der Waals surface area contributed by atoms with Crippen LogP contribution in [0, 0.1) is 0 Å². The largest absolute Gasteiger partial charge is 0.467 e. The van der Waals surface area contributed by atoms with E-state index in [1.54, 1.807) is 13.0 Å². The Morgan fingerprint density at radius 3 is 2.89 bits per heavy atom. The van der Waals surface area contributed by atoms with Crippen molar-refractivity contribution in [2.45, 2.75) is 13.0 Å². The third kappa shape index (κ3) is 2.88. The summed E-state index contributed by atoms with van der Waals surface area (Å²) in [5.41, 5.74) is 0. The number of esters is 1. The molecule has 7 heteroatoms. The van der Waals surface area contributed by atoms with Gasteiger partial charge in [0, 0.05) is 4.88 Å². The lowest BCUT2D eigenvalue weighted by Gasteiger charge is -2.20. The fourth-order valence-electron chi connectivity index (χ4n) is 1.59. The molecule has 1 aliphatic heterocycles. The molecule has 0 saturated carbocycles. The molecule has 0 N–H and O–H groups in total. The first kappa shape index (κ1) is 14.2. The van der Waals surface area contributed by atoms with E-state index in [2.05, 4.69) is 4.74 Å². The van der Waals surface area contributed by atoms with Crippen LogP contribution in [0.1, 0.15) is 11.8 Å². The van der Waals surface area contributed by atoms with E-state index in [1.165, 1.54) is 35.1 Å². The molecule has 1 aliphatic rings. The number of carbonyl (C=O) groups excluding carboxylic acids is 2. The Balaban J connectivity index is 2.24. The maximum absolute atomic E-state index is 12.3. The molecule has 2 heterocycles. The Kier molecular flexibility index (Phi) is 4.38. The fourth-order valence-corrected chi connectivity index (χ4v) is 3.73. The molecule has 0 bridgehead atoms. The predicted octanol–water partition coefficient (Wildman–Crippen LogP) is 2.51. The molecule has 1 fully saturated rings. The maximum Gasteiger partial charge on any atom is 0.328 e. The lowest BCUT2D eigenvalue weighted by atomic mass is 10.3. The SMILES string of the molecule is COC(=O)[C@H](C)N1C(=O)/C(=C/c2cccs2)SC1=S. The van der Waals surface area contributed by atoms with Crippen LogP contribution in [0.25, 0.3) is 6.08 Å². The molecule has 0 aliphatic carbocycles. The Labute approximate surface area is 124 Å². The monoisotopic (exact) mass is 313 g/mol.